The Morgan fingerprint density at radius 3 is 2.50 bits per heavy atom. The number of alkyl halides is 3. The molecule has 1 amide bonds. The molecule has 6 nitrogen and oxygen atoms in total. The molecule has 2 heterocycles. The molecule has 0 aliphatic carbocycles. The Bertz CT molecular complexity index is 1240. The minimum atomic E-state index is -4.47. The van der Waals surface area contributed by atoms with Gasteiger partial charge < -0.3 is 9.88 Å². The molecule has 0 bridgehead atoms. The van der Waals surface area contributed by atoms with Crippen LogP contribution in [0.3, 0.4) is 0 Å². The van der Waals surface area contributed by atoms with Crippen molar-refractivity contribution in [1.29, 1.82) is 0 Å². The molecule has 9 heteroatoms. The van der Waals surface area contributed by atoms with Gasteiger partial charge in [-0.05, 0) is 30.7 Å². The number of nitrogens with one attached hydrogen (secondary N) is 1. The lowest BCUT2D eigenvalue weighted by atomic mass is 10.1. The van der Waals surface area contributed by atoms with E-state index < -0.39 is 23.7 Å². The van der Waals surface area contributed by atoms with Gasteiger partial charge in [0, 0.05) is 19.4 Å². The van der Waals surface area contributed by atoms with E-state index in [4.69, 9.17) is 0 Å². The standard InChI is InChI=1S/C23H20F3N5O/c1-15-19(14-28-31(15)18-10-6-9-17(13-18)23(24,25)26)22(32)29-20(16-7-4-3-5-8-16)21-27-11-12-30(21)2/h3-14,20H,1-2H3,(H,29,32). The lowest BCUT2D eigenvalue weighted by Crippen LogP contribution is -2.31. The van der Waals surface area contributed by atoms with E-state index in [9.17, 15) is 18.0 Å². The smallest absolute Gasteiger partial charge is 0.338 e. The van der Waals surface area contributed by atoms with Crippen molar-refractivity contribution in [2.75, 3.05) is 0 Å². The number of aromatic nitrogens is 4. The van der Waals surface area contributed by atoms with Crippen molar-refractivity contribution in [1.82, 2.24) is 24.6 Å². The highest BCUT2D eigenvalue weighted by Crippen LogP contribution is 2.30. The van der Waals surface area contributed by atoms with E-state index in [0.29, 0.717) is 11.5 Å². The number of amides is 1. The lowest BCUT2D eigenvalue weighted by molar-refractivity contribution is -0.137. The molecule has 0 radical (unpaired) electrons. The number of aryl methyl sites for hydroxylation is 1. The van der Waals surface area contributed by atoms with E-state index in [1.165, 1.54) is 23.0 Å². The van der Waals surface area contributed by atoms with Crippen molar-refractivity contribution in [3.05, 3.63) is 101 Å². The fourth-order valence-corrected chi connectivity index (χ4v) is 3.51. The summed E-state index contributed by atoms with van der Waals surface area (Å²) in [6, 6.07) is 13.7. The molecule has 164 valence electrons. The topological polar surface area (TPSA) is 64.7 Å². The Morgan fingerprint density at radius 1 is 1.09 bits per heavy atom. The van der Waals surface area contributed by atoms with Gasteiger partial charge in [0.15, 0.2) is 0 Å². The summed E-state index contributed by atoms with van der Waals surface area (Å²) in [5.41, 5.74) is 0.971. The molecular weight excluding hydrogens is 419 g/mol. The van der Waals surface area contributed by atoms with Crippen molar-refractivity contribution in [3.8, 4) is 5.69 Å². The first kappa shape index (κ1) is 21.4. The molecule has 0 spiro atoms. The fourth-order valence-electron chi connectivity index (χ4n) is 3.51. The highest BCUT2D eigenvalue weighted by Gasteiger charge is 2.31. The van der Waals surface area contributed by atoms with Crippen molar-refractivity contribution in [3.63, 3.8) is 0 Å². The van der Waals surface area contributed by atoms with Crippen molar-refractivity contribution in [2.45, 2.75) is 19.1 Å². The van der Waals surface area contributed by atoms with Gasteiger partial charge in [-0.1, -0.05) is 36.4 Å². The molecule has 4 rings (SSSR count). The summed E-state index contributed by atoms with van der Waals surface area (Å²) in [7, 11) is 1.83. The maximum Gasteiger partial charge on any atom is 0.416 e. The van der Waals surface area contributed by atoms with Crippen LogP contribution in [0.1, 0.15) is 39.0 Å². The predicted octanol–water partition coefficient (Wildman–Crippen LogP) is 4.45. The molecule has 1 atom stereocenters. The zero-order valence-electron chi connectivity index (χ0n) is 17.3. The number of carbonyl (C=O) groups excluding carboxylic acids is 1. The Balaban J connectivity index is 1.66. The zero-order valence-corrected chi connectivity index (χ0v) is 17.3. The Kier molecular flexibility index (Phi) is 5.56. The second-order valence-corrected chi connectivity index (χ2v) is 7.32. The maximum atomic E-state index is 13.1. The van der Waals surface area contributed by atoms with Gasteiger partial charge in [-0.25, -0.2) is 9.67 Å². The van der Waals surface area contributed by atoms with Crippen LogP contribution in [-0.4, -0.2) is 25.2 Å². The molecular formula is C23H20F3N5O. The number of rotatable bonds is 5. The summed E-state index contributed by atoms with van der Waals surface area (Å²) < 4.78 is 42.4. The number of halogens is 3. The van der Waals surface area contributed by atoms with Gasteiger partial charge in [-0.2, -0.15) is 18.3 Å². The fraction of sp³-hybridized carbons (Fsp3) is 0.174. The van der Waals surface area contributed by atoms with Crippen LogP contribution in [0.2, 0.25) is 0 Å². The van der Waals surface area contributed by atoms with Crippen LogP contribution in [0, 0.1) is 6.92 Å². The minimum Gasteiger partial charge on any atom is -0.338 e. The molecule has 1 unspecified atom stereocenters. The van der Waals surface area contributed by atoms with Crippen LogP contribution < -0.4 is 5.32 Å². The summed E-state index contributed by atoms with van der Waals surface area (Å²) in [5, 5.41) is 7.14. The van der Waals surface area contributed by atoms with Gasteiger partial charge in [0.2, 0.25) is 0 Å². The summed E-state index contributed by atoms with van der Waals surface area (Å²) in [4.78, 5) is 17.5. The molecule has 2 aromatic carbocycles. The highest BCUT2D eigenvalue weighted by atomic mass is 19.4. The largest absolute Gasteiger partial charge is 0.416 e. The van der Waals surface area contributed by atoms with Crippen molar-refractivity contribution >= 4 is 5.91 Å². The Morgan fingerprint density at radius 2 is 1.84 bits per heavy atom. The summed E-state index contributed by atoms with van der Waals surface area (Å²) >= 11 is 0. The second-order valence-electron chi connectivity index (χ2n) is 7.32. The minimum absolute atomic E-state index is 0.222. The monoisotopic (exact) mass is 439 g/mol. The van der Waals surface area contributed by atoms with Gasteiger partial charge >= 0.3 is 6.18 Å². The van der Waals surface area contributed by atoms with E-state index in [2.05, 4.69) is 15.4 Å². The first-order valence-corrected chi connectivity index (χ1v) is 9.81. The van der Waals surface area contributed by atoms with E-state index >= 15 is 0 Å². The van der Waals surface area contributed by atoms with Crippen LogP contribution in [0.4, 0.5) is 13.2 Å². The van der Waals surface area contributed by atoms with E-state index in [0.717, 1.165) is 17.7 Å². The second kappa shape index (κ2) is 8.33. The quantitative estimate of drug-likeness (QED) is 0.500. The number of hydrogen-bond donors (Lipinski definition) is 1. The number of hydrogen-bond acceptors (Lipinski definition) is 3. The van der Waals surface area contributed by atoms with Crippen LogP contribution in [-0.2, 0) is 13.2 Å². The number of benzene rings is 2. The third-order valence-electron chi connectivity index (χ3n) is 5.20. The summed E-state index contributed by atoms with van der Waals surface area (Å²) in [6.07, 6.45) is 0.316. The van der Waals surface area contributed by atoms with Gasteiger partial charge in [0.1, 0.15) is 11.9 Å². The average molecular weight is 439 g/mol. The summed E-state index contributed by atoms with van der Waals surface area (Å²) in [5.74, 6) is 0.241. The van der Waals surface area contributed by atoms with Crippen LogP contribution in [0.5, 0.6) is 0 Å². The van der Waals surface area contributed by atoms with Gasteiger partial charge in [-0.15, -0.1) is 0 Å². The average Bonchev–Trinajstić information content (AvgIpc) is 3.37. The molecule has 4 aromatic rings. The van der Waals surface area contributed by atoms with E-state index in [-0.39, 0.29) is 11.3 Å². The van der Waals surface area contributed by atoms with Gasteiger partial charge in [0.25, 0.3) is 5.91 Å². The molecule has 0 aliphatic heterocycles. The molecule has 32 heavy (non-hydrogen) atoms. The maximum absolute atomic E-state index is 13.1. The molecule has 0 saturated carbocycles. The third-order valence-corrected chi connectivity index (χ3v) is 5.20. The first-order valence-electron chi connectivity index (χ1n) is 9.81. The van der Waals surface area contributed by atoms with Crippen LogP contribution in [0.25, 0.3) is 5.69 Å². The van der Waals surface area contributed by atoms with E-state index in [1.54, 1.807) is 19.3 Å². The molecule has 0 saturated heterocycles. The normalized spacial score (nSPS) is 12.5. The zero-order chi connectivity index (χ0) is 22.9. The van der Waals surface area contributed by atoms with Gasteiger partial charge in [0.05, 0.1) is 28.7 Å². The van der Waals surface area contributed by atoms with Crippen molar-refractivity contribution in [2.24, 2.45) is 7.05 Å². The Labute approximate surface area is 182 Å². The first-order chi connectivity index (χ1) is 15.3. The third kappa shape index (κ3) is 4.14. The van der Waals surface area contributed by atoms with Gasteiger partial charge in [-0.3, -0.25) is 4.79 Å². The number of nitrogens with zero attached hydrogens (tertiary/aromatic N) is 4. The SMILES string of the molecule is Cc1c(C(=O)NC(c2ccccc2)c2nccn2C)cnn1-c1cccc(C(F)(F)F)c1. The lowest BCUT2D eigenvalue weighted by Gasteiger charge is -2.19. The number of imidazole rings is 1. The molecule has 2 aromatic heterocycles. The highest BCUT2D eigenvalue weighted by molar-refractivity contribution is 5.95. The Hall–Kier alpha value is -3.88. The van der Waals surface area contributed by atoms with Crippen LogP contribution >= 0.6 is 0 Å². The summed E-state index contributed by atoms with van der Waals surface area (Å²) in [6.45, 7) is 1.64. The number of carbonyl (C=O) groups is 1. The van der Waals surface area contributed by atoms with Crippen LogP contribution in [0.15, 0.2) is 73.2 Å². The molecule has 1 N–H and O–H groups in total. The molecule has 0 fully saturated rings. The van der Waals surface area contributed by atoms with E-state index in [1.807, 2.05) is 41.9 Å². The molecule has 0 aliphatic rings. The van der Waals surface area contributed by atoms with Crippen molar-refractivity contribution < 1.29 is 18.0 Å². The predicted molar refractivity (Wildman–Crippen MR) is 112 cm³/mol.